The average Bonchev–Trinajstić information content (AvgIpc) is 3.43. The minimum Gasteiger partial charge on any atom is -0.478 e. The van der Waals surface area contributed by atoms with E-state index in [2.05, 4.69) is 45.8 Å². The molecule has 1 aliphatic carbocycles. The molecule has 3 heterocycles. The zero-order valence-corrected chi connectivity index (χ0v) is 24.3. The minimum atomic E-state index is -1.02. The van der Waals surface area contributed by atoms with Crippen LogP contribution in [-0.4, -0.2) is 59.9 Å². The first-order valence-corrected chi connectivity index (χ1v) is 14.6. The number of carboxylic acid groups (broad SMARTS) is 1. The van der Waals surface area contributed by atoms with Gasteiger partial charge in [0.25, 0.3) is 0 Å². The number of nitrogens with zero attached hydrogens (tertiary/aromatic N) is 4. The van der Waals surface area contributed by atoms with Crippen LogP contribution in [0.1, 0.15) is 54.6 Å². The highest BCUT2D eigenvalue weighted by molar-refractivity contribution is 6.30. The number of hydrogen-bond acceptors (Lipinski definition) is 6. The molecule has 0 radical (unpaired) electrons. The molecule has 41 heavy (non-hydrogen) atoms. The van der Waals surface area contributed by atoms with Crippen LogP contribution in [0.25, 0.3) is 5.57 Å². The van der Waals surface area contributed by atoms with Crippen LogP contribution in [0.2, 0.25) is 5.02 Å². The van der Waals surface area contributed by atoms with Gasteiger partial charge in [0.1, 0.15) is 17.1 Å². The number of rotatable bonds is 7. The van der Waals surface area contributed by atoms with Crippen molar-refractivity contribution in [1.82, 2.24) is 9.88 Å². The van der Waals surface area contributed by atoms with Crippen molar-refractivity contribution in [2.75, 3.05) is 37.6 Å². The lowest BCUT2D eigenvalue weighted by Crippen LogP contribution is -2.47. The third kappa shape index (κ3) is 6.16. The first-order valence-electron chi connectivity index (χ1n) is 14.2. The first-order chi connectivity index (χ1) is 19.7. The molecule has 3 aromatic rings. The second kappa shape index (κ2) is 11.3. The number of allylic oxidation sites excluding steroid dienone is 1. The summed E-state index contributed by atoms with van der Waals surface area (Å²) in [6.07, 6.45) is 7.50. The predicted molar refractivity (Wildman–Crippen MR) is 164 cm³/mol. The molecule has 7 nitrogen and oxygen atoms in total. The van der Waals surface area contributed by atoms with Gasteiger partial charge in [0.2, 0.25) is 0 Å². The van der Waals surface area contributed by atoms with Crippen molar-refractivity contribution in [3.63, 3.8) is 0 Å². The molecule has 1 N–H and O–H groups in total. The summed E-state index contributed by atoms with van der Waals surface area (Å²) in [5.74, 6) is 0.504. The Labute approximate surface area is 246 Å². The van der Waals surface area contributed by atoms with Gasteiger partial charge in [0.05, 0.1) is 6.20 Å². The molecular weight excluding hydrogens is 536 g/mol. The molecule has 0 atom stereocenters. The number of benzene rings is 2. The average molecular weight is 571 g/mol. The molecule has 0 spiro atoms. The lowest BCUT2D eigenvalue weighted by molar-refractivity contribution is 0.0694. The summed E-state index contributed by atoms with van der Waals surface area (Å²) >= 11 is 6.18. The number of hydrogen-bond donors (Lipinski definition) is 1. The third-order valence-corrected chi connectivity index (χ3v) is 8.65. The Morgan fingerprint density at radius 1 is 1.07 bits per heavy atom. The normalized spacial score (nSPS) is 18.5. The van der Waals surface area contributed by atoms with Crippen LogP contribution in [0.4, 0.5) is 11.5 Å². The molecule has 2 aliphatic heterocycles. The Morgan fingerprint density at radius 3 is 2.61 bits per heavy atom. The zero-order valence-electron chi connectivity index (χ0n) is 23.6. The van der Waals surface area contributed by atoms with E-state index in [0.29, 0.717) is 29.2 Å². The quantitative estimate of drug-likeness (QED) is 0.322. The Bertz CT molecular complexity index is 1520. The molecule has 212 valence electrons. The predicted octanol–water partition coefficient (Wildman–Crippen LogP) is 7.27. The Kier molecular flexibility index (Phi) is 7.58. The van der Waals surface area contributed by atoms with Crippen molar-refractivity contribution < 1.29 is 14.6 Å². The standard InChI is InChI=1S/C33H35ClN4O3/c1-33(2)11-9-24(29(19-33)22-3-5-25(34)6-4-22)21-37-13-15-38(16-14-37)26-7-8-28(32(39)40)30(18-26)41-27-17-23-10-12-35-31(23)36-20-27/h3-8,12,17-18,20H,9-11,13-16,19,21H2,1-2H3,(H,39,40). The van der Waals surface area contributed by atoms with Crippen LogP contribution in [0.5, 0.6) is 11.5 Å². The number of aliphatic imine (C=N–C) groups is 1. The van der Waals surface area contributed by atoms with Crippen molar-refractivity contribution >= 4 is 40.9 Å². The van der Waals surface area contributed by atoms with E-state index in [0.717, 1.165) is 61.8 Å². The number of ether oxygens (including phenoxy) is 1. The lowest BCUT2D eigenvalue weighted by Gasteiger charge is -2.39. The SMILES string of the molecule is CC1(C)CCC(CN2CCN(c3ccc(C(=O)O)c(Oc4cnc5c(c4)CC=N5)c3)CC2)=C(c2ccc(Cl)cc2)C1. The van der Waals surface area contributed by atoms with E-state index in [1.54, 1.807) is 12.3 Å². The smallest absolute Gasteiger partial charge is 0.339 e. The molecule has 0 saturated carbocycles. The van der Waals surface area contributed by atoms with Crippen molar-refractivity contribution in [1.29, 1.82) is 0 Å². The van der Waals surface area contributed by atoms with E-state index in [1.807, 2.05) is 36.5 Å². The maximum absolute atomic E-state index is 12.0. The summed E-state index contributed by atoms with van der Waals surface area (Å²) in [6.45, 7) is 9.29. The summed E-state index contributed by atoms with van der Waals surface area (Å²) in [7, 11) is 0. The van der Waals surface area contributed by atoms with Crippen molar-refractivity contribution in [3.05, 3.63) is 82.0 Å². The van der Waals surface area contributed by atoms with Gasteiger partial charge in [0.15, 0.2) is 5.82 Å². The van der Waals surface area contributed by atoms with Gasteiger partial charge in [0, 0.05) is 67.7 Å². The molecule has 8 heteroatoms. The monoisotopic (exact) mass is 570 g/mol. The summed E-state index contributed by atoms with van der Waals surface area (Å²) in [6, 6.07) is 15.5. The number of aromatic nitrogens is 1. The number of fused-ring (bicyclic) bond motifs is 1. The molecule has 1 fully saturated rings. The van der Waals surface area contributed by atoms with Gasteiger partial charge >= 0.3 is 5.97 Å². The summed E-state index contributed by atoms with van der Waals surface area (Å²) in [4.78, 5) is 25.4. The van der Waals surface area contributed by atoms with E-state index in [9.17, 15) is 9.90 Å². The fourth-order valence-electron chi connectivity index (χ4n) is 6.03. The molecule has 2 aromatic carbocycles. The van der Waals surface area contributed by atoms with Crippen molar-refractivity contribution in [2.45, 2.75) is 39.5 Å². The van der Waals surface area contributed by atoms with Crippen molar-refractivity contribution in [2.24, 2.45) is 10.4 Å². The molecule has 3 aliphatic rings. The first kappa shape index (κ1) is 27.5. The van der Waals surface area contributed by atoms with E-state index in [-0.39, 0.29) is 5.56 Å². The number of carboxylic acids is 1. The van der Waals surface area contributed by atoms with Gasteiger partial charge in [-0.15, -0.1) is 0 Å². The highest BCUT2D eigenvalue weighted by Crippen LogP contribution is 2.43. The highest BCUT2D eigenvalue weighted by Gasteiger charge is 2.29. The van der Waals surface area contributed by atoms with E-state index in [1.165, 1.54) is 23.1 Å². The maximum atomic E-state index is 12.0. The summed E-state index contributed by atoms with van der Waals surface area (Å²) in [5.41, 5.74) is 6.65. The van der Waals surface area contributed by atoms with Gasteiger partial charge in [-0.25, -0.2) is 14.8 Å². The number of piperazine rings is 1. The molecule has 1 aromatic heterocycles. The Morgan fingerprint density at radius 2 is 1.85 bits per heavy atom. The van der Waals surface area contributed by atoms with Crippen molar-refractivity contribution in [3.8, 4) is 11.5 Å². The summed E-state index contributed by atoms with van der Waals surface area (Å²) < 4.78 is 6.08. The lowest BCUT2D eigenvalue weighted by atomic mass is 9.72. The van der Waals surface area contributed by atoms with Crippen LogP contribution in [-0.2, 0) is 6.42 Å². The number of anilines is 1. The molecule has 6 rings (SSSR count). The minimum absolute atomic E-state index is 0.131. The molecule has 0 amide bonds. The fourth-order valence-corrected chi connectivity index (χ4v) is 6.15. The molecule has 1 saturated heterocycles. The second-order valence-electron chi connectivity index (χ2n) is 12.0. The number of aromatic carboxylic acids is 1. The van der Waals surface area contributed by atoms with E-state index >= 15 is 0 Å². The van der Waals surface area contributed by atoms with Gasteiger partial charge in [-0.05, 0) is 66.1 Å². The number of carbonyl (C=O) groups is 1. The van der Waals surface area contributed by atoms with Crippen LogP contribution < -0.4 is 9.64 Å². The van der Waals surface area contributed by atoms with Crippen LogP contribution >= 0.6 is 11.6 Å². The van der Waals surface area contributed by atoms with Gasteiger partial charge in [-0.2, -0.15) is 0 Å². The zero-order chi connectivity index (χ0) is 28.6. The molecule has 0 bridgehead atoms. The second-order valence-corrected chi connectivity index (χ2v) is 12.4. The largest absolute Gasteiger partial charge is 0.478 e. The maximum Gasteiger partial charge on any atom is 0.339 e. The van der Waals surface area contributed by atoms with E-state index < -0.39 is 5.97 Å². The van der Waals surface area contributed by atoms with Crippen LogP contribution in [0.3, 0.4) is 0 Å². The summed E-state index contributed by atoms with van der Waals surface area (Å²) in [5, 5.41) is 10.6. The molecule has 0 unspecified atom stereocenters. The number of pyridine rings is 1. The molecular formula is C33H35ClN4O3. The van der Waals surface area contributed by atoms with Gasteiger partial charge in [-0.3, -0.25) is 4.90 Å². The topological polar surface area (TPSA) is 78.3 Å². The van der Waals surface area contributed by atoms with Gasteiger partial charge in [-0.1, -0.05) is 43.2 Å². The van der Waals surface area contributed by atoms with Crippen LogP contribution in [0.15, 0.2) is 65.3 Å². The number of halogens is 1. The van der Waals surface area contributed by atoms with E-state index in [4.69, 9.17) is 16.3 Å². The Hall–Kier alpha value is -3.68. The fraction of sp³-hybridized carbons (Fsp3) is 0.364. The Balaban J connectivity index is 1.16. The van der Waals surface area contributed by atoms with Crippen LogP contribution in [0, 0.1) is 5.41 Å². The van der Waals surface area contributed by atoms with Gasteiger partial charge < -0.3 is 14.7 Å². The third-order valence-electron chi connectivity index (χ3n) is 8.40. The highest BCUT2D eigenvalue weighted by atomic mass is 35.5.